The van der Waals surface area contributed by atoms with Crippen molar-refractivity contribution in [3.05, 3.63) is 5.01 Å². The third-order valence-corrected chi connectivity index (χ3v) is 2.56. The molecule has 0 aliphatic heterocycles. The molecule has 7 heteroatoms. The van der Waals surface area contributed by atoms with Gasteiger partial charge >= 0.3 is 0 Å². The number of ether oxygens (including phenoxy) is 1. The molecule has 3 N–H and O–H groups in total. The van der Waals surface area contributed by atoms with E-state index in [2.05, 4.69) is 22.4 Å². The Morgan fingerprint density at radius 2 is 2.31 bits per heavy atom. The standard InChI is InChI=1S/C9H16N4O2S/c1-2-3-5-15-6-4-11-7(14)8-12-13-9(10)16-8/h2-6H2,1H3,(H2,10,13)(H,11,14). The quantitative estimate of drug-likeness (QED) is 0.688. The highest BCUT2D eigenvalue weighted by molar-refractivity contribution is 7.16. The molecule has 1 heterocycles. The second-order valence-electron chi connectivity index (χ2n) is 3.17. The molecular formula is C9H16N4O2S. The van der Waals surface area contributed by atoms with Crippen LogP contribution >= 0.6 is 11.3 Å². The summed E-state index contributed by atoms with van der Waals surface area (Å²) in [4.78, 5) is 11.4. The van der Waals surface area contributed by atoms with Crippen LogP contribution in [0, 0.1) is 0 Å². The molecule has 1 aromatic heterocycles. The Balaban J connectivity index is 2.11. The van der Waals surface area contributed by atoms with E-state index >= 15 is 0 Å². The number of anilines is 1. The topological polar surface area (TPSA) is 90.1 Å². The Kier molecular flexibility index (Phi) is 5.73. The number of nitrogens with one attached hydrogen (secondary N) is 1. The van der Waals surface area contributed by atoms with E-state index in [1.165, 1.54) is 0 Å². The lowest BCUT2D eigenvalue weighted by Gasteiger charge is -2.03. The summed E-state index contributed by atoms with van der Waals surface area (Å²) in [6.07, 6.45) is 2.15. The van der Waals surface area contributed by atoms with Crippen molar-refractivity contribution in [3.63, 3.8) is 0 Å². The predicted molar refractivity (Wildman–Crippen MR) is 62.4 cm³/mol. The molecule has 0 aliphatic rings. The van der Waals surface area contributed by atoms with E-state index in [1.54, 1.807) is 0 Å². The number of nitrogens with zero attached hydrogens (tertiary/aromatic N) is 2. The van der Waals surface area contributed by atoms with Crippen LogP contribution in [0.4, 0.5) is 5.13 Å². The van der Waals surface area contributed by atoms with Gasteiger partial charge in [-0.3, -0.25) is 4.79 Å². The van der Waals surface area contributed by atoms with Crippen LogP contribution in [0.25, 0.3) is 0 Å². The SMILES string of the molecule is CCCCOCCNC(=O)c1nnc(N)s1. The highest BCUT2D eigenvalue weighted by atomic mass is 32.1. The van der Waals surface area contributed by atoms with Crippen molar-refractivity contribution in [1.29, 1.82) is 0 Å². The first kappa shape index (κ1) is 12.9. The van der Waals surface area contributed by atoms with Gasteiger partial charge in [0.1, 0.15) is 0 Å². The summed E-state index contributed by atoms with van der Waals surface area (Å²) in [6.45, 7) is 3.82. The van der Waals surface area contributed by atoms with E-state index in [4.69, 9.17) is 10.5 Å². The molecule has 0 saturated heterocycles. The van der Waals surface area contributed by atoms with Gasteiger partial charge in [-0.2, -0.15) is 0 Å². The largest absolute Gasteiger partial charge is 0.380 e. The van der Waals surface area contributed by atoms with Crippen LogP contribution in [0.5, 0.6) is 0 Å². The van der Waals surface area contributed by atoms with Gasteiger partial charge in [0.2, 0.25) is 10.1 Å². The summed E-state index contributed by atoms with van der Waals surface area (Å²) in [5.41, 5.74) is 5.37. The molecule has 90 valence electrons. The number of aromatic nitrogens is 2. The van der Waals surface area contributed by atoms with Gasteiger partial charge in [0.25, 0.3) is 5.91 Å². The van der Waals surface area contributed by atoms with E-state index in [1.807, 2.05) is 0 Å². The number of hydrogen-bond acceptors (Lipinski definition) is 6. The molecule has 0 bridgehead atoms. The molecular weight excluding hydrogens is 228 g/mol. The zero-order valence-corrected chi connectivity index (χ0v) is 10.0. The van der Waals surface area contributed by atoms with Crippen molar-refractivity contribution in [2.24, 2.45) is 0 Å². The highest BCUT2D eigenvalue weighted by Gasteiger charge is 2.10. The van der Waals surface area contributed by atoms with Gasteiger partial charge < -0.3 is 15.8 Å². The fraction of sp³-hybridized carbons (Fsp3) is 0.667. The summed E-state index contributed by atoms with van der Waals surface area (Å²) in [7, 11) is 0. The number of nitrogen functional groups attached to an aromatic ring is 1. The molecule has 0 spiro atoms. The summed E-state index contributed by atoms with van der Waals surface area (Å²) < 4.78 is 5.29. The van der Waals surface area contributed by atoms with Gasteiger partial charge in [-0.05, 0) is 6.42 Å². The maximum atomic E-state index is 11.4. The van der Waals surface area contributed by atoms with Crippen molar-refractivity contribution >= 4 is 22.4 Å². The highest BCUT2D eigenvalue weighted by Crippen LogP contribution is 2.09. The summed E-state index contributed by atoms with van der Waals surface area (Å²) in [5, 5.41) is 10.5. The average Bonchev–Trinajstić information content (AvgIpc) is 2.70. The molecule has 0 unspecified atom stereocenters. The first-order valence-electron chi connectivity index (χ1n) is 5.19. The van der Waals surface area contributed by atoms with E-state index in [9.17, 15) is 4.79 Å². The monoisotopic (exact) mass is 244 g/mol. The van der Waals surface area contributed by atoms with Gasteiger partial charge in [-0.15, -0.1) is 10.2 Å². The van der Waals surface area contributed by atoms with Crippen molar-refractivity contribution < 1.29 is 9.53 Å². The molecule has 1 aromatic rings. The summed E-state index contributed by atoms with van der Waals surface area (Å²) in [6, 6.07) is 0. The lowest BCUT2D eigenvalue weighted by molar-refractivity contribution is 0.0912. The van der Waals surface area contributed by atoms with Crippen LogP contribution in [0.15, 0.2) is 0 Å². The van der Waals surface area contributed by atoms with Gasteiger partial charge in [0, 0.05) is 13.2 Å². The molecule has 0 fully saturated rings. The minimum Gasteiger partial charge on any atom is -0.380 e. The Hall–Kier alpha value is -1.21. The number of unbranched alkanes of at least 4 members (excludes halogenated alkanes) is 1. The van der Waals surface area contributed by atoms with Gasteiger partial charge in [-0.25, -0.2) is 0 Å². The van der Waals surface area contributed by atoms with Crippen LogP contribution < -0.4 is 11.1 Å². The van der Waals surface area contributed by atoms with Gasteiger partial charge in [-0.1, -0.05) is 24.7 Å². The molecule has 1 rings (SSSR count). The fourth-order valence-electron chi connectivity index (χ4n) is 0.987. The minimum atomic E-state index is -0.256. The van der Waals surface area contributed by atoms with E-state index in [0.717, 1.165) is 30.8 Å². The van der Waals surface area contributed by atoms with Crippen molar-refractivity contribution in [2.75, 3.05) is 25.5 Å². The van der Waals surface area contributed by atoms with Crippen LogP contribution in [0.2, 0.25) is 0 Å². The summed E-state index contributed by atoms with van der Waals surface area (Å²) in [5.74, 6) is -0.256. The average molecular weight is 244 g/mol. The fourth-order valence-corrected chi connectivity index (χ4v) is 1.51. The molecule has 0 saturated carbocycles. The Labute approximate surface area is 98.2 Å². The maximum absolute atomic E-state index is 11.4. The number of carbonyl (C=O) groups is 1. The third kappa shape index (κ3) is 4.54. The lowest BCUT2D eigenvalue weighted by Crippen LogP contribution is -2.27. The minimum absolute atomic E-state index is 0.256. The second kappa shape index (κ2) is 7.13. The number of carbonyl (C=O) groups excluding carboxylic acids is 1. The second-order valence-corrected chi connectivity index (χ2v) is 4.18. The lowest BCUT2D eigenvalue weighted by atomic mass is 10.4. The van der Waals surface area contributed by atoms with Crippen LogP contribution in [0.1, 0.15) is 29.6 Å². The molecule has 0 atom stereocenters. The van der Waals surface area contributed by atoms with E-state index in [0.29, 0.717) is 18.3 Å². The number of nitrogens with two attached hydrogens (primary N) is 1. The molecule has 6 nitrogen and oxygen atoms in total. The predicted octanol–water partition coefficient (Wildman–Crippen LogP) is 0.667. The molecule has 0 radical (unpaired) electrons. The maximum Gasteiger partial charge on any atom is 0.282 e. The van der Waals surface area contributed by atoms with Gasteiger partial charge in [0.05, 0.1) is 6.61 Å². The molecule has 1 amide bonds. The first-order valence-corrected chi connectivity index (χ1v) is 6.00. The first-order chi connectivity index (χ1) is 7.74. The van der Waals surface area contributed by atoms with E-state index in [-0.39, 0.29) is 10.9 Å². The zero-order valence-electron chi connectivity index (χ0n) is 9.23. The Morgan fingerprint density at radius 1 is 1.50 bits per heavy atom. The molecule has 0 aromatic carbocycles. The third-order valence-electron chi connectivity index (χ3n) is 1.81. The smallest absolute Gasteiger partial charge is 0.282 e. The normalized spacial score (nSPS) is 10.3. The Morgan fingerprint density at radius 3 is 2.94 bits per heavy atom. The van der Waals surface area contributed by atoms with Crippen molar-refractivity contribution in [2.45, 2.75) is 19.8 Å². The number of amides is 1. The Bertz CT molecular complexity index is 329. The summed E-state index contributed by atoms with van der Waals surface area (Å²) >= 11 is 1.07. The number of rotatable bonds is 7. The zero-order chi connectivity index (χ0) is 11.8. The van der Waals surface area contributed by atoms with E-state index < -0.39 is 0 Å². The molecule has 16 heavy (non-hydrogen) atoms. The molecule has 0 aliphatic carbocycles. The van der Waals surface area contributed by atoms with Crippen molar-refractivity contribution in [1.82, 2.24) is 15.5 Å². The van der Waals surface area contributed by atoms with Crippen LogP contribution in [-0.4, -0.2) is 35.9 Å². The number of hydrogen-bond donors (Lipinski definition) is 2. The van der Waals surface area contributed by atoms with Gasteiger partial charge in [0.15, 0.2) is 0 Å². The van der Waals surface area contributed by atoms with Crippen LogP contribution in [0.3, 0.4) is 0 Å². The van der Waals surface area contributed by atoms with Crippen molar-refractivity contribution in [3.8, 4) is 0 Å². The van der Waals surface area contributed by atoms with Crippen LogP contribution in [-0.2, 0) is 4.74 Å².